The Hall–Kier alpha value is -3.90. The lowest BCUT2D eigenvalue weighted by Crippen LogP contribution is -2.48. The van der Waals surface area contributed by atoms with Crippen LogP contribution in [0.25, 0.3) is 21.7 Å². The maximum absolute atomic E-state index is 15.5. The van der Waals surface area contributed by atoms with Crippen LogP contribution in [0.2, 0.25) is 0 Å². The van der Waals surface area contributed by atoms with Crippen LogP contribution in [0.15, 0.2) is 58.9 Å². The van der Waals surface area contributed by atoms with Gasteiger partial charge >= 0.3 is 5.97 Å². The Morgan fingerprint density at radius 2 is 1.56 bits per heavy atom. The largest absolute Gasteiger partial charge is 0.495 e. The molecule has 0 spiro atoms. The van der Waals surface area contributed by atoms with Crippen LogP contribution in [0, 0.1) is 35.2 Å². The fourth-order valence-electron chi connectivity index (χ4n) is 8.07. The molecule has 0 amide bonds. The second kappa shape index (κ2) is 10.9. The number of aromatic nitrogens is 1. The number of aromatic carboxylic acids is 1. The van der Waals surface area contributed by atoms with Gasteiger partial charge in [-0.15, -0.1) is 11.3 Å². The molecule has 4 aromatic rings. The van der Waals surface area contributed by atoms with Crippen molar-refractivity contribution in [3.8, 4) is 27.4 Å². The van der Waals surface area contributed by atoms with Gasteiger partial charge in [0.05, 0.1) is 18.4 Å². The SMILES string of the molecule is COc1cc(C(=O)O)c(F)cc1NS(=O)(=O)c1csc(-c2ccc(-c3ccc(C45CC6CC(CC(C6)C4)C5)cc3)c(F)c2F)n1. The number of benzene rings is 3. The smallest absolute Gasteiger partial charge is 0.338 e. The molecule has 2 N–H and O–H groups in total. The number of thiazole rings is 1. The molecular weight excluding hydrogens is 626 g/mol. The van der Waals surface area contributed by atoms with Gasteiger partial charge in [-0.25, -0.2) is 22.9 Å². The van der Waals surface area contributed by atoms with E-state index in [9.17, 15) is 17.6 Å². The molecule has 0 atom stereocenters. The second-order valence-electron chi connectivity index (χ2n) is 12.5. The lowest BCUT2D eigenvalue weighted by Gasteiger charge is -2.57. The molecule has 1 heterocycles. The first-order valence-electron chi connectivity index (χ1n) is 14.6. The van der Waals surface area contributed by atoms with Crippen molar-refractivity contribution in [1.29, 1.82) is 0 Å². The molecule has 4 aliphatic rings. The highest BCUT2D eigenvalue weighted by molar-refractivity contribution is 7.92. The monoisotopic (exact) mass is 654 g/mol. The predicted octanol–water partition coefficient (Wildman–Crippen LogP) is 7.87. The van der Waals surface area contributed by atoms with Crippen molar-refractivity contribution in [3.05, 3.63) is 82.5 Å². The number of halogens is 3. The zero-order chi connectivity index (χ0) is 31.7. The summed E-state index contributed by atoms with van der Waals surface area (Å²) in [6.07, 6.45) is 7.65. The maximum Gasteiger partial charge on any atom is 0.338 e. The quantitative estimate of drug-likeness (QED) is 0.200. The Kier molecular flexibility index (Phi) is 7.20. The summed E-state index contributed by atoms with van der Waals surface area (Å²) < 4.78 is 78.4. The predicted molar refractivity (Wildman–Crippen MR) is 163 cm³/mol. The zero-order valence-corrected chi connectivity index (χ0v) is 25.8. The summed E-state index contributed by atoms with van der Waals surface area (Å²) in [5.41, 5.74) is 0.857. The standard InChI is InChI=1S/C33H29F3N2O5S2/c1-43-27-11-24(32(39)40)25(34)12-26(27)38-45(41,42)28-16-44-31(37-28)23-7-6-22(29(35)30(23)36)20-2-4-21(5-3-20)33-13-17-8-18(14-33)10-19(9-17)15-33/h2-7,11-12,16-19,38H,8-10,13-15H2,1H3,(H,39,40). The highest BCUT2D eigenvalue weighted by Gasteiger charge is 2.51. The first-order chi connectivity index (χ1) is 21.5. The number of carbonyl (C=O) groups is 1. The Morgan fingerprint density at radius 3 is 2.16 bits per heavy atom. The number of sulfonamides is 1. The molecule has 12 heteroatoms. The van der Waals surface area contributed by atoms with Crippen molar-refractivity contribution in [1.82, 2.24) is 4.98 Å². The van der Waals surface area contributed by atoms with Crippen LogP contribution in [0.3, 0.4) is 0 Å². The molecule has 4 bridgehead atoms. The number of methoxy groups -OCH3 is 1. The number of ether oxygens (including phenoxy) is 1. The summed E-state index contributed by atoms with van der Waals surface area (Å²) in [4.78, 5) is 15.2. The summed E-state index contributed by atoms with van der Waals surface area (Å²) in [5, 5.41) is 9.67. The van der Waals surface area contributed by atoms with Gasteiger partial charge in [0.2, 0.25) is 0 Å². The molecule has 4 aliphatic carbocycles. The average molecular weight is 655 g/mol. The van der Waals surface area contributed by atoms with Crippen LogP contribution < -0.4 is 9.46 Å². The number of carboxylic acids is 1. The van der Waals surface area contributed by atoms with Crippen molar-refractivity contribution in [2.75, 3.05) is 11.8 Å². The zero-order valence-electron chi connectivity index (χ0n) is 24.1. The molecule has 0 saturated heterocycles. The average Bonchev–Trinajstić information content (AvgIpc) is 3.49. The van der Waals surface area contributed by atoms with Crippen LogP contribution in [0.1, 0.15) is 54.4 Å². The van der Waals surface area contributed by atoms with E-state index < -0.39 is 44.0 Å². The third-order valence-corrected chi connectivity index (χ3v) is 12.0. The molecule has 234 valence electrons. The topological polar surface area (TPSA) is 106 Å². The minimum atomic E-state index is -4.44. The number of hydrogen-bond acceptors (Lipinski definition) is 6. The highest BCUT2D eigenvalue weighted by Crippen LogP contribution is 2.60. The van der Waals surface area contributed by atoms with E-state index in [1.807, 2.05) is 12.1 Å². The van der Waals surface area contributed by atoms with Crippen molar-refractivity contribution >= 4 is 33.0 Å². The van der Waals surface area contributed by atoms with E-state index in [4.69, 9.17) is 9.84 Å². The first-order valence-corrected chi connectivity index (χ1v) is 17.0. The lowest BCUT2D eigenvalue weighted by atomic mass is 9.48. The Labute approximate surface area is 262 Å². The van der Waals surface area contributed by atoms with Gasteiger partial charge in [-0.05, 0) is 85.0 Å². The minimum Gasteiger partial charge on any atom is -0.495 e. The molecule has 1 aromatic heterocycles. The van der Waals surface area contributed by atoms with E-state index in [1.165, 1.54) is 56.2 Å². The number of carboxylic acid groups (broad SMARTS) is 1. The van der Waals surface area contributed by atoms with Gasteiger partial charge in [-0.1, -0.05) is 30.3 Å². The minimum absolute atomic E-state index is 0.0742. The van der Waals surface area contributed by atoms with Crippen molar-refractivity contribution in [2.45, 2.75) is 49.0 Å². The van der Waals surface area contributed by atoms with Gasteiger partial charge < -0.3 is 9.84 Å². The lowest BCUT2D eigenvalue weighted by molar-refractivity contribution is -0.00518. The molecule has 8 rings (SSSR count). The van der Waals surface area contributed by atoms with Crippen LogP contribution >= 0.6 is 11.3 Å². The number of nitrogens with zero attached hydrogens (tertiary/aromatic N) is 1. The third kappa shape index (κ3) is 5.17. The summed E-state index contributed by atoms with van der Waals surface area (Å²) in [5.74, 6) is -2.81. The first kappa shape index (κ1) is 29.8. The van der Waals surface area contributed by atoms with Crippen molar-refractivity contribution in [2.24, 2.45) is 17.8 Å². The Morgan fingerprint density at radius 1 is 0.956 bits per heavy atom. The van der Waals surface area contributed by atoms with E-state index in [1.54, 1.807) is 0 Å². The Balaban J connectivity index is 1.13. The third-order valence-electron chi connectivity index (χ3n) is 9.68. The normalized spacial score (nSPS) is 23.7. The van der Waals surface area contributed by atoms with Gasteiger partial charge in [0.25, 0.3) is 10.0 Å². The molecule has 3 aromatic carbocycles. The van der Waals surface area contributed by atoms with Crippen molar-refractivity contribution < 1.29 is 36.2 Å². The highest BCUT2D eigenvalue weighted by atomic mass is 32.2. The van der Waals surface area contributed by atoms with Gasteiger partial charge in [-0.3, -0.25) is 4.72 Å². The van der Waals surface area contributed by atoms with Crippen LogP contribution in [0.5, 0.6) is 5.75 Å². The van der Waals surface area contributed by atoms with Gasteiger partial charge in [-0.2, -0.15) is 8.42 Å². The van der Waals surface area contributed by atoms with E-state index >= 15 is 8.78 Å². The fraction of sp³-hybridized carbons (Fsp3) is 0.333. The van der Waals surface area contributed by atoms with Crippen LogP contribution in [-0.2, 0) is 15.4 Å². The maximum atomic E-state index is 15.5. The van der Waals surface area contributed by atoms with Crippen molar-refractivity contribution in [3.63, 3.8) is 0 Å². The summed E-state index contributed by atoms with van der Waals surface area (Å²) in [6.45, 7) is 0. The van der Waals surface area contributed by atoms with Gasteiger partial charge in [0.1, 0.15) is 16.6 Å². The van der Waals surface area contributed by atoms with E-state index in [0.717, 1.165) is 47.6 Å². The van der Waals surface area contributed by atoms with Crippen LogP contribution in [-0.4, -0.2) is 31.6 Å². The molecular formula is C33H29F3N2O5S2. The van der Waals surface area contributed by atoms with Crippen LogP contribution in [0.4, 0.5) is 18.9 Å². The number of anilines is 1. The summed E-state index contributed by atoms with van der Waals surface area (Å²) in [7, 11) is -3.28. The molecule has 4 saturated carbocycles. The fourth-order valence-corrected chi connectivity index (χ4v) is 10.2. The van der Waals surface area contributed by atoms with E-state index in [2.05, 4.69) is 21.8 Å². The van der Waals surface area contributed by atoms with Gasteiger partial charge in [0, 0.05) is 22.6 Å². The van der Waals surface area contributed by atoms with E-state index in [-0.39, 0.29) is 33.0 Å². The number of rotatable bonds is 8. The van der Waals surface area contributed by atoms with E-state index in [0.29, 0.717) is 11.6 Å². The number of hydrogen-bond donors (Lipinski definition) is 2. The summed E-state index contributed by atoms with van der Waals surface area (Å²) >= 11 is 0.793. The molecule has 0 radical (unpaired) electrons. The molecule has 4 fully saturated rings. The molecule has 45 heavy (non-hydrogen) atoms. The molecule has 0 unspecified atom stereocenters. The number of nitrogens with one attached hydrogen (secondary N) is 1. The Bertz CT molecular complexity index is 1910. The second-order valence-corrected chi connectivity index (χ2v) is 15.0. The summed E-state index contributed by atoms with van der Waals surface area (Å²) in [6, 6.07) is 12.2. The molecule has 7 nitrogen and oxygen atoms in total. The van der Waals surface area contributed by atoms with Gasteiger partial charge in [0.15, 0.2) is 16.7 Å². The molecule has 0 aliphatic heterocycles.